The zero-order valence-electron chi connectivity index (χ0n) is 10.8. The van der Waals surface area contributed by atoms with Crippen LogP contribution in [0.5, 0.6) is 0 Å². The summed E-state index contributed by atoms with van der Waals surface area (Å²) in [5.74, 6) is -0.0799. The molecule has 1 heterocycles. The SMILES string of the molecule is Cc1cc[n+](CC(=O)c2ccc([N+](=O)[O-])cc2)cc1.[I-]. The normalized spacial score (nSPS) is 9.65. The Hall–Kier alpha value is -1.83. The van der Waals surface area contributed by atoms with E-state index >= 15 is 0 Å². The van der Waals surface area contributed by atoms with E-state index in [1.54, 1.807) is 4.57 Å². The molecule has 0 fully saturated rings. The van der Waals surface area contributed by atoms with Crippen molar-refractivity contribution >= 4 is 11.5 Å². The number of carbonyl (C=O) groups excluding carboxylic acids is 1. The Balaban J connectivity index is 0.00000200. The van der Waals surface area contributed by atoms with Crippen molar-refractivity contribution in [1.29, 1.82) is 0 Å². The summed E-state index contributed by atoms with van der Waals surface area (Å²) in [6.07, 6.45) is 3.66. The first-order chi connectivity index (χ1) is 9.06. The first kappa shape index (κ1) is 16.2. The highest BCUT2D eigenvalue weighted by Crippen LogP contribution is 2.12. The number of Topliss-reactive ketones (excluding diaryl/α,β-unsaturated/α-hetero) is 1. The number of benzene rings is 1. The molecule has 0 amide bonds. The molecule has 2 rings (SSSR count). The molecule has 0 unspecified atom stereocenters. The van der Waals surface area contributed by atoms with Gasteiger partial charge < -0.3 is 24.0 Å². The van der Waals surface area contributed by atoms with Crippen LogP contribution in [0.4, 0.5) is 5.69 Å². The first-order valence-electron chi connectivity index (χ1n) is 5.79. The molecule has 0 bridgehead atoms. The highest BCUT2D eigenvalue weighted by Gasteiger charge is 2.13. The Kier molecular flexibility index (Phi) is 5.75. The van der Waals surface area contributed by atoms with Crippen molar-refractivity contribution < 1.29 is 38.3 Å². The third-order valence-corrected chi connectivity index (χ3v) is 2.78. The van der Waals surface area contributed by atoms with Gasteiger partial charge in [-0.3, -0.25) is 14.9 Å². The number of rotatable bonds is 4. The van der Waals surface area contributed by atoms with Gasteiger partial charge in [-0.05, 0) is 24.6 Å². The van der Waals surface area contributed by atoms with Gasteiger partial charge in [0.15, 0.2) is 12.4 Å². The predicted molar refractivity (Wildman–Crippen MR) is 68.8 cm³/mol. The lowest BCUT2D eigenvalue weighted by Crippen LogP contribution is -3.00. The van der Waals surface area contributed by atoms with Gasteiger partial charge in [-0.2, -0.15) is 4.57 Å². The number of aryl methyl sites for hydroxylation is 1. The molecule has 0 saturated carbocycles. The minimum Gasteiger partial charge on any atom is -1.00 e. The second kappa shape index (κ2) is 7.09. The molecule has 0 N–H and O–H groups in total. The molecule has 1 aromatic heterocycles. The molecule has 104 valence electrons. The standard InChI is InChI=1S/C14H13N2O3.HI/c1-11-6-8-15(9-7-11)10-14(17)12-2-4-13(5-3-12)16(18)19;/h2-9H,10H2,1H3;1H/q+1;/p-1. The van der Waals surface area contributed by atoms with Crippen molar-refractivity contribution in [2.24, 2.45) is 0 Å². The number of hydrogen-bond acceptors (Lipinski definition) is 3. The van der Waals surface area contributed by atoms with Crippen LogP contribution in [0.15, 0.2) is 48.8 Å². The third kappa shape index (κ3) is 4.09. The molecule has 0 aliphatic heterocycles. The van der Waals surface area contributed by atoms with E-state index in [0.29, 0.717) is 5.56 Å². The maximum absolute atomic E-state index is 12.0. The smallest absolute Gasteiger partial charge is 0.269 e. The Morgan fingerprint density at radius 1 is 1.15 bits per heavy atom. The molecule has 0 aliphatic carbocycles. The Morgan fingerprint density at radius 2 is 1.70 bits per heavy atom. The van der Waals surface area contributed by atoms with Gasteiger partial charge in [0.05, 0.1) is 4.92 Å². The lowest BCUT2D eigenvalue weighted by atomic mass is 10.1. The van der Waals surface area contributed by atoms with E-state index in [-0.39, 0.29) is 42.0 Å². The highest BCUT2D eigenvalue weighted by atomic mass is 127. The van der Waals surface area contributed by atoms with Gasteiger partial charge in [-0.25, -0.2) is 0 Å². The minimum absolute atomic E-state index is 0. The number of halogens is 1. The van der Waals surface area contributed by atoms with Gasteiger partial charge in [-0.1, -0.05) is 0 Å². The number of non-ortho nitro benzene ring substituents is 1. The number of ketones is 1. The number of pyridine rings is 1. The fraction of sp³-hybridized carbons (Fsp3) is 0.143. The van der Waals surface area contributed by atoms with E-state index < -0.39 is 4.92 Å². The summed E-state index contributed by atoms with van der Waals surface area (Å²) in [5, 5.41) is 10.5. The van der Waals surface area contributed by atoms with Crippen LogP contribution in [-0.2, 0) is 6.54 Å². The molecule has 0 spiro atoms. The number of nitrogens with zero attached hydrogens (tertiary/aromatic N) is 2. The molecule has 20 heavy (non-hydrogen) atoms. The quantitative estimate of drug-likeness (QED) is 0.225. The van der Waals surface area contributed by atoms with Gasteiger partial charge in [0, 0.05) is 29.8 Å². The van der Waals surface area contributed by atoms with Crippen LogP contribution in [0.1, 0.15) is 15.9 Å². The molecular formula is C14H13IN2O3. The number of carbonyl (C=O) groups is 1. The van der Waals surface area contributed by atoms with Crippen LogP contribution in [0.2, 0.25) is 0 Å². The largest absolute Gasteiger partial charge is 1.00 e. The average molecular weight is 384 g/mol. The highest BCUT2D eigenvalue weighted by molar-refractivity contribution is 5.95. The predicted octanol–water partition coefficient (Wildman–Crippen LogP) is -0.922. The second-order valence-electron chi connectivity index (χ2n) is 4.27. The van der Waals surface area contributed by atoms with Crippen LogP contribution >= 0.6 is 0 Å². The van der Waals surface area contributed by atoms with Crippen LogP contribution in [0.3, 0.4) is 0 Å². The Morgan fingerprint density at radius 3 is 2.20 bits per heavy atom. The fourth-order valence-corrected chi connectivity index (χ4v) is 1.66. The summed E-state index contributed by atoms with van der Waals surface area (Å²) in [6.45, 7) is 2.20. The topological polar surface area (TPSA) is 64.1 Å². The molecule has 1 aromatic carbocycles. The molecule has 0 atom stereocenters. The molecule has 0 radical (unpaired) electrons. The summed E-state index contributed by atoms with van der Waals surface area (Å²) in [4.78, 5) is 22.0. The van der Waals surface area contributed by atoms with Gasteiger partial charge in [-0.15, -0.1) is 0 Å². The van der Waals surface area contributed by atoms with E-state index in [1.165, 1.54) is 24.3 Å². The van der Waals surface area contributed by atoms with Crippen molar-refractivity contribution in [3.63, 3.8) is 0 Å². The molecule has 6 heteroatoms. The Bertz CT molecular complexity index is 609. The lowest BCUT2D eigenvalue weighted by molar-refractivity contribution is -0.683. The van der Waals surface area contributed by atoms with E-state index in [4.69, 9.17) is 0 Å². The van der Waals surface area contributed by atoms with Gasteiger partial charge in [0.25, 0.3) is 5.69 Å². The van der Waals surface area contributed by atoms with Crippen LogP contribution in [0, 0.1) is 17.0 Å². The lowest BCUT2D eigenvalue weighted by Gasteiger charge is -1.98. The maximum Gasteiger partial charge on any atom is 0.269 e. The molecule has 0 saturated heterocycles. The van der Waals surface area contributed by atoms with Gasteiger partial charge in [0.1, 0.15) is 0 Å². The fourth-order valence-electron chi connectivity index (χ4n) is 1.66. The average Bonchev–Trinajstić information content (AvgIpc) is 2.41. The van der Waals surface area contributed by atoms with Crippen molar-refractivity contribution in [3.05, 3.63) is 70.0 Å². The molecule has 2 aromatic rings. The van der Waals surface area contributed by atoms with Crippen LogP contribution < -0.4 is 28.5 Å². The zero-order chi connectivity index (χ0) is 13.8. The molecule has 5 nitrogen and oxygen atoms in total. The summed E-state index contributed by atoms with van der Waals surface area (Å²) in [7, 11) is 0. The zero-order valence-corrected chi connectivity index (χ0v) is 13.0. The molecule has 0 aliphatic rings. The summed E-state index contributed by atoms with van der Waals surface area (Å²) < 4.78 is 1.77. The Labute approximate surface area is 133 Å². The van der Waals surface area contributed by atoms with Crippen molar-refractivity contribution in [2.45, 2.75) is 13.5 Å². The number of aromatic nitrogens is 1. The number of nitro benzene ring substituents is 1. The maximum atomic E-state index is 12.0. The van der Waals surface area contributed by atoms with Crippen molar-refractivity contribution in [3.8, 4) is 0 Å². The van der Waals surface area contributed by atoms with E-state index in [9.17, 15) is 14.9 Å². The number of hydrogen-bond donors (Lipinski definition) is 0. The molecular weight excluding hydrogens is 371 g/mol. The number of nitro groups is 1. The summed E-state index contributed by atoms with van der Waals surface area (Å²) >= 11 is 0. The second-order valence-corrected chi connectivity index (χ2v) is 4.27. The minimum atomic E-state index is -0.483. The van der Waals surface area contributed by atoms with Crippen LogP contribution in [-0.4, -0.2) is 10.7 Å². The van der Waals surface area contributed by atoms with Gasteiger partial charge >= 0.3 is 0 Å². The van der Waals surface area contributed by atoms with E-state index in [2.05, 4.69) is 0 Å². The van der Waals surface area contributed by atoms with E-state index in [0.717, 1.165) is 5.56 Å². The summed E-state index contributed by atoms with van der Waals surface area (Å²) in [6, 6.07) is 9.48. The summed E-state index contributed by atoms with van der Waals surface area (Å²) in [5.41, 5.74) is 1.58. The first-order valence-corrected chi connectivity index (χ1v) is 5.79. The monoisotopic (exact) mass is 384 g/mol. The van der Waals surface area contributed by atoms with Crippen molar-refractivity contribution in [2.75, 3.05) is 0 Å². The van der Waals surface area contributed by atoms with Crippen LogP contribution in [0.25, 0.3) is 0 Å². The van der Waals surface area contributed by atoms with Gasteiger partial charge in [0.2, 0.25) is 12.3 Å². The van der Waals surface area contributed by atoms with Crippen molar-refractivity contribution in [1.82, 2.24) is 0 Å². The van der Waals surface area contributed by atoms with E-state index in [1.807, 2.05) is 31.5 Å². The third-order valence-electron chi connectivity index (χ3n) is 2.78.